The molecule has 0 bridgehead atoms. The maximum absolute atomic E-state index is 9.57. The quantitative estimate of drug-likeness (QED) is 0.896. The molecule has 3 rings (SSSR count). The molecule has 2 aromatic heterocycles. The summed E-state index contributed by atoms with van der Waals surface area (Å²) in [5.74, 6) is 0.890. The number of fused-ring (bicyclic) bond motifs is 1. The number of morpholine rings is 1. The van der Waals surface area contributed by atoms with Gasteiger partial charge in [0.2, 0.25) is 0 Å². The predicted octanol–water partition coefficient (Wildman–Crippen LogP) is 1.50. The summed E-state index contributed by atoms with van der Waals surface area (Å²) in [5, 5.41) is 11.6. The van der Waals surface area contributed by atoms with Gasteiger partial charge in [0, 0.05) is 24.7 Å². The second kappa shape index (κ2) is 4.22. The molecule has 0 amide bonds. The number of aliphatic hydroxyl groups is 1. The average Bonchev–Trinajstić information content (AvgIpc) is 2.86. The number of hydrogen-bond donors (Lipinski definition) is 1. The fourth-order valence-electron chi connectivity index (χ4n) is 2.42. The third-order valence-electron chi connectivity index (χ3n) is 3.21. The van der Waals surface area contributed by atoms with Crippen LogP contribution in [0.15, 0.2) is 11.6 Å². The van der Waals surface area contributed by atoms with Crippen molar-refractivity contribution in [3.8, 4) is 0 Å². The second-order valence-corrected chi connectivity index (χ2v) is 6.00. The van der Waals surface area contributed by atoms with Crippen LogP contribution in [0.2, 0.25) is 0 Å². The minimum Gasteiger partial charge on any atom is -0.390 e. The van der Waals surface area contributed by atoms with Gasteiger partial charge in [0.25, 0.3) is 0 Å². The van der Waals surface area contributed by atoms with Gasteiger partial charge in [-0.25, -0.2) is 4.98 Å². The van der Waals surface area contributed by atoms with Crippen LogP contribution in [0.5, 0.6) is 0 Å². The zero-order chi connectivity index (χ0) is 12.8. The molecule has 1 saturated heterocycles. The van der Waals surface area contributed by atoms with E-state index >= 15 is 0 Å². The first-order valence-electron chi connectivity index (χ1n) is 6.05. The molecule has 0 radical (unpaired) electrons. The Morgan fingerprint density at radius 2 is 2.39 bits per heavy atom. The van der Waals surface area contributed by atoms with Gasteiger partial charge in [0.15, 0.2) is 10.8 Å². The van der Waals surface area contributed by atoms with E-state index in [1.165, 1.54) is 0 Å². The lowest BCUT2D eigenvalue weighted by atomic mass is 10.1. The lowest BCUT2D eigenvalue weighted by Gasteiger charge is -2.38. The number of anilines is 1. The van der Waals surface area contributed by atoms with Gasteiger partial charge >= 0.3 is 0 Å². The number of imidazole rings is 1. The summed E-state index contributed by atoms with van der Waals surface area (Å²) in [5.41, 5.74) is 0.700. The van der Waals surface area contributed by atoms with Crippen LogP contribution in [0.1, 0.15) is 19.5 Å². The molecule has 0 atom stereocenters. The molecule has 0 spiro atoms. The maximum Gasteiger partial charge on any atom is 0.195 e. The molecule has 1 aliphatic heterocycles. The summed E-state index contributed by atoms with van der Waals surface area (Å²) in [4.78, 5) is 7.76. The van der Waals surface area contributed by atoms with E-state index in [-0.39, 0.29) is 12.2 Å². The van der Waals surface area contributed by atoms with Gasteiger partial charge in [0.1, 0.15) is 0 Å². The van der Waals surface area contributed by atoms with E-state index in [0.29, 0.717) is 6.61 Å². The molecular formula is C12H17N3O2S. The Balaban J connectivity index is 2.00. The Hall–Kier alpha value is -1.11. The van der Waals surface area contributed by atoms with Gasteiger partial charge in [-0.15, -0.1) is 11.3 Å². The van der Waals surface area contributed by atoms with E-state index in [1.807, 2.05) is 16.0 Å². The fraction of sp³-hybridized carbons (Fsp3) is 0.583. The summed E-state index contributed by atoms with van der Waals surface area (Å²) < 4.78 is 7.67. The standard InChI is InChI=1S/C12H17N3O2S/c1-12(2)8-14(3-5-17-12)10-9(7-16)15-4-6-18-11(15)13-10/h4,6,16H,3,5,7-8H2,1-2H3. The van der Waals surface area contributed by atoms with Crippen LogP contribution < -0.4 is 4.90 Å². The van der Waals surface area contributed by atoms with Crippen molar-refractivity contribution >= 4 is 22.1 Å². The number of hydrogen-bond acceptors (Lipinski definition) is 5. The topological polar surface area (TPSA) is 50.0 Å². The molecule has 0 saturated carbocycles. The SMILES string of the molecule is CC1(C)CN(c2nc3sccn3c2CO)CCO1. The molecule has 0 aliphatic carbocycles. The van der Waals surface area contributed by atoms with E-state index in [2.05, 4.69) is 23.7 Å². The zero-order valence-corrected chi connectivity index (χ0v) is 11.4. The van der Waals surface area contributed by atoms with Crippen molar-refractivity contribution in [1.82, 2.24) is 9.38 Å². The molecule has 18 heavy (non-hydrogen) atoms. The molecule has 98 valence electrons. The Morgan fingerprint density at radius 1 is 1.56 bits per heavy atom. The highest BCUT2D eigenvalue weighted by Gasteiger charge is 2.30. The molecule has 5 nitrogen and oxygen atoms in total. The van der Waals surface area contributed by atoms with E-state index < -0.39 is 0 Å². The molecule has 0 unspecified atom stereocenters. The molecular weight excluding hydrogens is 250 g/mol. The average molecular weight is 267 g/mol. The van der Waals surface area contributed by atoms with Crippen LogP contribution in [-0.2, 0) is 11.3 Å². The maximum atomic E-state index is 9.57. The number of aliphatic hydroxyl groups excluding tert-OH is 1. The van der Waals surface area contributed by atoms with Gasteiger partial charge in [-0.05, 0) is 13.8 Å². The zero-order valence-electron chi connectivity index (χ0n) is 10.6. The van der Waals surface area contributed by atoms with Crippen molar-refractivity contribution in [3.63, 3.8) is 0 Å². The largest absolute Gasteiger partial charge is 0.390 e. The van der Waals surface area contributed by atoms with Crippen LogP contribution in [0.4, 0.5) is 5.82 Å². The van der Waals surface area contributed by atoms with Crippen molar-refractivity contribution < 1.29 is 9.84 Å². The van der Waals surface area contributed by atoms with Gasteiger partial charge in [-0.3, -0.25) is 4.40 Å². The summed E-state index contributed by atoms with van der Waals surface area (Å²) in [6.07, 6.45) is 1.95. The van der Waals surface area contributed by atoms with Crippen LogP contribution in [0, 0.1) is 0 Å². The first-order chi connectivity index (χ1) is 8.61. The Bertz CT molecular complexity index is 561. The van der Waals surface area contributed by atoms with Crippen molar-refractivity contribution in [3.05, 3.63) is 17.3 Å². The van der Waals surface area contributed by atoms with E-state index in [9.17, 15) is 5.11 Å². The summed E-state index contributed by atoms with van der Waals surface area (Å²) in [7, 11) is 0. The molecule has 3 heterocycles. The molecule has 6 heteroatoms. The van der Waals surface area contributed by atoms with Crippen LogP contribution >= 0.6 is 11.3 Å². The number of aromatic nitrogens is 2. The third-order valence-corrected chi connectivity index (χ3v) is 3.97. The molecule has 1 aliphatic rings. The Labute approximate surface area is 110 Å². The fourth-order valence-corrected chi connectivity index (χ4v) is 3.15. The highest BCUT2D eigenvalue weighted by Crippen LogP contribution is 2.28. The van der Waals surface area contributed by atoms with Crippen LogP contribution in [-0.4, -0.2) is 39.8 Å². The molecule has 1 N–H and O–H groups in total. The van der Waals surface area contributed by atoms with Gasteiger partial charge in [0.05, 0.1) is 24.5 Å². The molecule has 0 aromatic carbocycles. The van der Waals surface area contributed by atoms with Crippen molar-refractivity contribution in [2.45, 2.75) is 26.1 Å². The highest BCUT2D eigenvalue weighted by atomic mass is 32.1. The smallest absolute Gasteiger partial charge is 0.195 e. The number of nitrogens with zero attached hydrogens (tertiary/aromatic N) is 3. The van der Waals surface area contributed by atoms with Crippen molar-refractivity contribution in [2.24, 2.45) is 0 Å². The lowest BCUT2D eigenvalue weighted by Crippen LogP contribution is -2.48. The van der Waals surface area contributed by atoms with E-state index in [0.717, 1.165) is 29.6 Å². The Morgan fingerprint density at radius 3 is 3.11 bits per heavy atom. The van der Waals surface area contributed by atoms with E-state index in [4.69, 9.17) is 4.74 Å². The predicted molar refractivity (Wildman–Crippen MR) is 71.2 cm³/mol. The first-order valence-corrected chi connectivity index (χ1v) is 6.93. The van der Waals surface area contributed by atoms with Crippen molar-refractivity contribution in [2.75, 3.05) is 24.6 Å². The summed E-state index contributed by atoms with van der Waals surface area (Å²) in [6, 6.07) is 0. The second-order valence-electron chi connectivity index (χ2n) is 5.13. The summed E-state index contributed by atoms with van der Waals surface area (Å²) in [6.45, 7) is 6.48. The number of thiazole rings is 1. The van der Waals surface area contributed by atoms with Gasteiger partial charge < -0.3 is 14.7 Å². The molecule has 1 fully saturated rings. The van der Waals surface area contributed by atoms with Crippen LogP contribution in [0.25, 0.3) is 4.96 Å². The minimum absolute atomic E-state index is 0.00498. The molecule has 2 aromatic rings. The minimum atomic E-state index is -0.165. The first kappa shape index (κ1) is 12.0. The van der Waals surface area contributed by atoms with Gasteiger partial charge in [-0.2, -0.15) is 0 Å². The number of rotatable bonds is 2. The lowest BCUT2D eigenvalue weighted by molar-refractivity contribution is -0.0279. The van der Waals surface area contributed by atoms with Crippen LogP contribution in [0.3, 0.4) is 0 Å². The Kier molecular flexibility index (Phi) is 2.80. The van der Waals surface area contributed by atoms with Crippen molar-refractivity contribution in [1.29, 1.82) is 0 Å². The normalized spacial score (nSPS) is 19.6. The van der Waals surface area contributed by atoms with Gasteiger partial charge in [-0.1, -0.05) is 0 Å². The monoisotopic (exact) mass is 267 g/mol. The third kappa shape index (κ3) is 1.90. The van der Waals surface area contributed by atoms with E-state index in [1.54, 1.807) is 11.3 Å². The number of ether oxygens (including phenoxy) is 1. The highest BCUT2D eigenvalue weighted by molar-refractivity contribution is 7.15. The summed E-state index contributed by atoms with van der Waals surface area (Å²) >= 11 is 1.58.